The van der Waals surface area contributed by atoms with E-state index in [0.717, 1.165) is 54.6 Å². The predicted molar refractivity (Wildman–Crippen MR) is 102 cm³/mol. The first-order valence-electron chi connectivity index (χ1n) is 8.79. The lowest BCUT2D eigenvalue weighted by molar-refractivity contribution is 0.0606. The molecule has 1 N–H and O–H groups in total. The van der Waals surface area contributed by atoms with E-state index < -0.39 is 6.09 Å². The van der Waals surface area contributed by atoms with E-state index in [4.69, 9.17) is 5.11 Å². The molecule has 1 aromatic heterocycles. The quantitative estimate of drug-likeness (QED) is 0.789. The van der Waals surface area contributed by atoms with Crippen LogP contribution in [0.4, 0.5) is 9.93 Å². The lowest BCUT2D eigenvalue weighted by Gasteiger charge is -2.44. The van der Waals surface area contributed by atoms with Crippen molar-refractivity contribution in [1.29, 1.82) is 0 Å². The SMILES string of the molecule is CC(C)(CN1CCN(c2nnc(Br)s2)CC1)C1CCN(C(=O)O)CC1. The van der Waals surface area contributed by atoms with Crippen LogP contribution in [0.5, 0.6) is 0 Å². The van der Waals surface area contributed by atoms with Crippen LogP contribution in [0.1, 0.15) is 26.7 Å². The molecule has 25 heavy (non-hydrogen) atoms. The summed E-state index contributed by atoms with van der Waals surface area (Å²) in [6.45, 7) is 11.1. The fraction of sp³-hybridized carbons (Fsp3) is 0.812. The summed E-state index contributed by atoms with van der Waals surface area (Å²) in [6, 6.07) is 0. The Balaban J connectivity index is 1.48. The van der Waals surface area contributed by atoms with Gasteiger partial charge in [-0.3, -0.25) is 4.90 Å². The summed E-state index contributed by atoms with van der Waals surface area (Å²) in [5.41, 5.74) is 0.207. The third-order valence-electron chi connectivity index (χ3n) is 5.53. The monoisotopic (exact) mass is 431 g/mol. The van der Waals surface area contributed by atoms with Crippen molar-refractivity contribution in [2.24, 2.45) is 11.3 Å². The van der Waals surface area contributed by atoms with Gasteiger partial charge in [-0.15, -0.1) is 10.2 Å². The zero-order chi connectivity index (χ0) is 18.0. The highest BCUT2D eigenvalue weighted by Crippen LogP contribution is 2.36. The Morgan fingerprint density at radius 1 is 1.20 bits per heavy atom. The van der Waals surface area contributed by atoms with Crippen molar-refractivity contribution in [2.75, 3.05) is 50.7 Å². The average molecular weight is 432 g/mol. The molecule has 0 unspecified atom stereocenters. The van der Waals surface area contributed by atoms with Gasteiger partial charge in [-0.05, 0) is 40.1 Å². The first-order chi connectivity index (χ1) is 11.8. The van der Waals surface area contributed by atoms with Gasteiger partial charge < -0.3 is 14.9 Å². The van der Waals surface area contributed by atoms with Crippen molar-refractivity contribution in [1.82, 2.24) is 20.0 Å². The number of carboxylic acid groups (broad SMARTS) is 1. The lowest BCUT2D eigenvalue weighted by atomic mass is 9.73. The molecule has 2 fully saturated rings. The molecular formula is C16H26BrN5O2S. The molecule has 0 spiro atoms. The minimum Gasteiger partial charge on any atom is -0.465 e. The van der Waals surface area contributed by atoms with Crippen molar-refractivity contribution in [3.63, 3.8) is 0 Å². The molecule has 0 atom stereocenters. The Bertz CT molecular complexity index is 595. The van der Waals surface area contributed by atoms with Crippen molar-refractivity contribution in [2.45, 2.75) is 26.7 Å². The first-order valence-corrected chi connectivity index (χ1v) is 10.4. The molecular weight excluding hydrogens is 406 g/mol. The number of aromatic nitrogens is 2. The van der Waals surface area contributed by atoms with Crippen LogP contribution in [0.15, 0.2) is 3.92 Å². The van der Waals surface area contributed by atoms with Crippen LogP contribution in [-0.4, -0.2) is 77.0 Å². The van der Waals surface area contributed by atoms with Crippen molar-refractivity contribution < 1.29 is 9.90 Å². The summed E-state index contributed by atoms with van der Waals surface area (Å²) >= 11 is 4.96. The van der Waals surface area contributed by atoms with Crippen LogP contribution < -0.4 is 4.90 Å². The maximum Gasteiger partial charge on any atom is 0.407 e. The molecule has 1 amide bonds. The van der Waals surface area contributed by atoms with E-state index in [-0.39, 0.29) is 5.41 Å². The van der Waals surface area contributed by atoms with Gasteiger partial charge in [0.25, 0.3) is 0 Å². The highest BCUT2D eigenvalue weighted by Gasteiger charge is 2.35. The zero-order valence-electron chi connectivity index (χ0n) is 14.8. The number of amides is 1. The summed E-state index contributed by atoms with van der Waals surface area (Å²) in [5.74, 6) is 0.584. The highest BCUT2D eigenvalue weighted by atomic mass is 79.9. The Morgan fingerprint density at radius 3 is 2.36 bits per heavy atom. The maximum absolute atomic E-state index is 11.1. The zero-order valence-corrected chi connectivity index (χ0v) is 17.2. The number of rotatable bonds is 4. The highest BCUT2D eigenvalue weighted by molar-refractivity contribution is 9.11. The second-order valence-corrected chi connectivity index (χ2v) is 9.87. The molecule has 0 saturated carbocycles. The normalized spacial score (nSPS) is 20.9. The van der Waals surface area contributed by atoms with Crippen LogP contribution in [0.2, 0.25) is 0 Å². The van der Waals surface area contributed by atoms with Gasteiger partial charge in [0.1, 0.15) is 0 Å². The van der Waals surface area contributed by atoms with E-state index in [1.165, 1.54) is 0 Å². The van der Waals surface area contributed by atoms with Crippen LogP contribution in [0.3, 0.4) is 0 Å². The fourth-order valence-electron chi connectivity index (χ4n) is 3.98. The third kappa shape index (κ3) is 4.62. The van der Waals surface area contributed by atoms with E-state index in [1.807, 2.05) is 0 Å². The largest absolute Gasteiger partial charge is 0.465 e. The van der Waals surface area contributed by atoms with Gasteiger partial charge in [-0.1, -0.05) is 25.2 Å². The van der Waals surface area contributed by atoms with Gasteiger partial charge in [-0.25, -0.2) is 4.79 Å². The van der Waals surface area contributed by atoms with E-state index in [2.05, 4.69) is 49.8 Å². The van der Waals surface area contributed by atoms with Gasteiger partial charge in [0.05, 0.1) is 0 Å². The van der Waals surface area contributed by atoms with Crippen molar-refractivity contribution >= 4 is 38.5 Å². The number of carbonyl (C=O) groups is 1. The number of piperidine rings is 1. The van der Waals surface area contributed by atoms with Crippen molar-refractivity contribution in [3.05, 3.63) is 3.92 Å². The summed E-state index contributed by atoms with van der Waals surface area (Å²) < 4.78 is 0.832. The maximum atomic E-state index is 11.1. The molecule has 2 saturated heterocycles. The molecule has 140 valence electrons. The molecule has 2 aliphatic heterocycles. The first kappa shape index (κ1) is 18.8. The number of anilines is 1. The molecule has 0 bridgehead atoms. The van der Waals surface area contributed by atoms with Crippen LogP contribution in [0.25, 0.3) is 0 Å². The lowest BCUT2D eigenvalue weighted by Crippen LogP contribution is -2.51. The van der Waals surface area contributed by atoms with Crippen LogP contribution in [-0.2, 0) is 0 Å². The second kappa shape index (κ2) is 7.75. The Hall–Kier alpha value is -0.930. The van der Waals surface area contributed by atoms with Gasteiger partial charge in [0, 0.05) is 45.8 Å². The van der Waals surface area contributed by atoms with Crippen molar-refractivity contribution in [3.8, 4) is 0 Å². The number of hydrogen-bond acceptors (Lipinski definition) is 6. The molecule has 0 aliphatic carbocycles. The summed E-state index contributed by atoms with van der Waals surface area (Å²) in [7, 11) is 0. The molecule has 3 rings (SSSR count). The van der Waals surface area contributed by atoms with Gasteiger partial charge >= 0.3 is 6.09 Å². The number of nitrogens with zero attached hydrogens (tertiary/aromatic N) is 5. The van der Waals surface area contributed by atoms with Gasteiger partial charge in [0.15, 0.2) is 3.92 Å². The third-order valence-corrected chi connectivity index (χ3v) is 6.95. The molecule has 0 radical (unpaired) electrons. The number of hydrogen-bond donors (Lipinski definition) is 1. The number of halogens is 1. The summed E-state index contributed by atoms with van der Waals surface area (Å²) in [5, 5.41) is 18.3. The topological polar surface area (TPSA) is 72.8 Å². The fourth-order valence-corrected chi connectivity index (χ4v) is 5.12. The van der Waals surface area contributed by atoms with E-state index in [0.29, 0.717) is 19.0 Å². The predicted octanol–water partition coefficient (Wildman–Crippen LogP) is 2.84. The minimum atomic E-state index is -0.782. The van der Waals surface area contributed by atoms with Crippen LogP contribution in [0, 0.1) is 11.3 Å². The molecule has 1 aromatic rings. The molecule has 3 heterocycles. The minimum absolute atomic E-state index is 0.207. The van der Waals surface area contributed by atoms with E-state index in [1.54, 1.807) is 16.2 Å². The summed E-state index contributed by atoms with van der Waals surface area (Å²) in [4.78, 5) is 17.5. The summed E-state index contributed by atoms with van der Waals surface area (Å²) in [6.07, 6.45) is 1.16. The van der Waals surface area contributed by atoms with Crippen LogP contribution >= 0.6 is 27.3 Å². The molecule has 9 heteroatoms. The smallest absolute Gasteiger partial charge is 0.407 e. The average Bonchev–Trinajstić information content (AvgIpc) is 3.02. The molecule has 0 aromatic carbocycles. The molecule has 7 nitrogen and oxygen atoms in total. The Labute approximate surface area is 161 Å². The van der Waals surface area contributed by atoms with Gasteiger partial charge in [-0.2, -0.15) is 0 Å². The standard InChI is InChI=1S/C16H26BrN5O2S/c1-16(2,12-3-5-22(6-4-12)15(23)24)11-20-7-9-21(10-8-20)14-19-18-13(17)25-14/h12H,3-11H2,1-2H3,(H,23,24). The van der Waals surface area contributed by atoms with E-state index >= 15 is 0 Å². The Kier molecular flexibility index (Phi) is 5.85. The number of likely N-dealkylation sites (tertiary alicyclic amines) is 1. The van der Waals surface area contributed by atoms with E-state index in [9.17, 15) is 4.79 Å². The van der Waals surface area contributed by atoms with Gasteiger partial charge in [0.2, 0.25) is 5.13 Å². The second-order valence-electron chi connectivity index (χ2n) is 7.63. The number of piperazine rings is 1. The Morgan fingerprint density at radius 2 is 1.84 bits per heavy atom. The molecule has 2 aliphatic rings.